The fraction of sp³-hybridized carbons (Fsp3) is 0.0196. The molecule has 4 aliphatic rings. The first-order valence-corrected chi connectivity index (χ1v) is 38.5. The van der Waals surface area contributed by atoms with E-state index in [4.69, 9.17) is 24.4 Å². The molecule has 8 heteroatoms. The van der Waals surface area contributed by atoms with Crippen molar-refractivity contribution >= 4 is 119 Å². The van der Waals surface area contributed by atoms with Gasteiger partial charge < -0.3 is 4.42 Å². The van der Waals surface area contributed by atoms with E-state index in [0.29, 0.717) is 11.5 Å². The Morgan fingerprint density at radius 1 is 0.255 bits per heavy atom. The Hall–Kier alpha value is -14.2. The first kappa shape index (κ1) is 60.0. The van der Waals surface area contributed by atoms with Gasteiger partial charge in [-0.1, -0.05) is 303 Å². The molecule has 2 spiro atoms. The summed E-state index contributed by atoms with van der Waals surface area (Å²) in [6, 6.07) is 128. The fourth-order valence-electron chi connectivity index (χ4n) is 20.2. The number of aromatic nitrogens is 6. The number of thiophene rings is 1. The Kier molecular flexibility index (Phi) is 12.1. The molecular weight excluding hydrogens is 1360 g/mol. The molecule has 0 bridgehead atoms. The molecule has 16 aromatic carbocycles. The summed E-state index contributed by atoms with van der Waals surface area (Å²) in [6.45, 7) is 0. The number of furan rings is 1. The first-order chi connectivity index (χ1) is 54.6. The number of hydrogen-bond acceptors (Lipinski definition) is 6. The molecule has 7 nitrogen and oxygen atoms in total. The Bertz CT molecular complexity index is 7290. The van der Waals surface area contributed by atoms with Crippen LogP contribution in [0.25, 0.3) is 186 Å². The van der Waals surface area contributed by atoms with Crippen LogP contribution in [0.3, 0.4) is 0 Å². The van der Waals surface area contributed by atoms with Crippen LogP contribution in [0.2, 0.25) is 0 Å². The number of fused-ring (bicyclic) bond motifs is 34. The van der Waals surface area contributed by atoms with Crippen molar-refractivity contribution in [2.24, 2.45) is 0 Å². The van der Waals surface area contributed by atoms with E-state index in [9.17, 15) is 0 Å². The first-order valence-electron chi connectivity index (χ1n) is 37.7. The highest BCUT2D eigenvalue weighted by Crippen LogP contribution is 2.66. The highest BCUT2D eigenvalue weighted by molar-refractivity contribution is 7.25. The van der Waals surface area contributed by atoms with Crippen molar-refractivity contribution in [3.05, 3.63) is 396 Å². The normalized spacial score (nSPS) is 13.6. The van der Waals surface area contributed by atoms with E-state index in [0.717, 1.165) is 77.2 Å². The van der Waals surface area contributed by atoms with Gasteiger partial charge in [0.2, 0.25) is 5.71 Å². The van der Waals surface area contributed by atoms with Crippen molar-refractivity contribution in [3.8, 4) is 78.9 Å². The Morgan fingerprint density at radius 2 is 0.609 bits per heavy atom. The van der Waals surface area contributed by atoms with Gasteiger partial charge in [-0.15, -0.1) is 11.3 Å². The number of hydrogen-bond donors (Lipinski definition) is 0. The van der Waals surface area contributed by atoms with Crippen LogP contribution < -0.4 is 0 Å². The molecule has 0 unspecified atom stereocenters. The molecule has 0 amide bonds. The van der Waals surface area contributed by atoms with E-state index in [-0.39, 0.29) is 0 Å². The van der Waals surface area contributed by atoms with Gasteiger partial charge in [-0.25, -0.2) is 15.0 Å². The lowest BCUT2D eigenvalue weighted by atomic mass is 9.70. The predicted molar refractivity (Wildman–Crippen MR) is 451 cm³/mol. The number of rotatable bonds is 4. The monoisotopic (exact) mass is 1410 g/mol. The van der Waals surface area contributed by atoms with Crippen molar-refractivity contribution in [2.75, 3.05) is 0 Å². The Balaban J connectivity index is 0.000000126. The lowest BCUT2D eigenvalue weighted by Crippen LogP contribution is -2.25. The van der Waals surface area contributed by atoms with E-state index in [1.165, 1.54) is 142 Å². The van der Waals surface area contributed by atoms with Gasteiger partial charge in [0.05, 0.1) is 43.7 Å². The maximum absolute atomic E-state index is 6.66. The molecule has 6 aromatic heterocycles. The van der Waals surface area contributed by atoms with Crippen molar-refractivity contribution in [1.82, 2.24) is 29.1 Å². The van der Waals surface area contributed by atoms with Gasteiger partial charge in [-0.2, -0.15) is 4.98 Å². The second-order valence-electron chi connectivity index (χ2n) is 29.7. The van der Waals surface area contributed by atoms with Gasteiger partial charge in [0, 0.05) is 48.1 Å². The smallest absolute Gasteiger partial charge is 0.233 e. The summed E-state index contributed by atoms with van der Waals surface area (Å²) >= 11 is 1.75. The summed E-state index contributed by atoms with van der Waals surface area (Å²) < 4.78 is 12.6. The zero-order chi connectivity index (χ0) is 71.7. The maximum Gasteiger partial charge on any atom is 0.233 e. The van der Waals surface area contributed by atoms with Crippen molar-refractivity contribution in [1.29, 1.82) is 0 Å². The minimum Gasteiger partial charge on any atom is -0.437 e. The van der Waals surface area contributed by atoms with Crippen LogP contribution in [-0.4, -0.2) is 29.1 Å². The Morgan fingerprint density at radius 3 is 1.10 bits per heavy atom. The SMILES string of the molecule is c1ccc2c(c1)-c1ccccc1C21c2ccccc2-c2c(-c3nc(-n4c5ccccc5c5cc6ccccc6cc54)c4c(n3)oc3ccccc34)cccc21.c1ccc2c(c1)-c1ccccc1C21c2ccccc2-c2c(-c3nc(-n4c5ccccc5c5cc6ccccc6cc54)c4c(n3)sc3ccccc34)cccc21. The third-order valence-corrected chi connectivity index (χ3v) is 25.5. The zero-order valence-corrected chi connectivity index (χ0v) is 59.8. The summed E-state index contributed by atoms with van der Waals surface area (Å²) in [5.74, 6) is 3.09. The minimum atomic E-state index is -0.463. The van der Waals surface area contributed by atoms with Crippen LogP contribution in [-0.2, 0) is 10.8 Å². The molecule has 4 aliphatic carbocycles. The van der Waals surface area contributed by atoms with E-state index in [2.05, 4.69) is 349 Å². The van der Waals surface area contributed by atoms with E-state index in [1.807, 2.05) is 12.1 Å². The number of benzene rings is 16. The van der Waals surface area contributed by atoms with Crippen LogP contribution in [0.4, 0.5) is 0 Å². The maximum atomic E-state index is 6.66. The average Bonchev–Trinajstić information content (AvgIpc) is 1.51. The van der Waals surface area contributed by atoms with Crippen molar-refractivity contribution in [2.45, 2.75) is 10.8 Å². The minimum absolute atomic E-state index is 0.437. The topological polar surface area (TPSA) is 74.6 Å². The van der Waals surface area contributed by atoms with Gasteiger partial charge in [-0.3, -0.25) is 9.13 Å². The van der Waals surface area contributed by atoms with Crippen molar-refractivity contribution in [3.63, 3.8) is 0 Å². The molecule has 508 valence electrons. The summed E-state index contributed by atoms with van der Waals surface area (Å²) in [7, 11) is 0. The molecule has 22 aromatic rings. The Labute approximate surface area is 634 Å². The third kappa shape index (κ3) is 7.80. The largest absolute Gasteiger partial charge is 0.437 e. The van der Waals surface area contributed by atoms with E-state index in [1.54, 1.807) is 11.3 Å². The van der Waals surface area contributed by atoms with Crippen LogP contribution in [0.5, 0.6) is 0 Å². The lowest BCUT2D eigenvalue weighted by Gasteiger charge is -2.30. The highest BCUT2D eigenvalue weighted by atomic mass is 32.1. The third-order valence-electron chi connectivity index (χ3n) is 24.5. The second-order valence-corrected chi connectivity index (χ2v) is 30.7. The molecule has 26 rings (SSSR count). The van der Waals surface area contributed by atoms with Crippen LogP contribution in [0.1, 0.15) is 44.5 Å². The summed E-state index contributed by atoms with van der Waals surface area (Å²) in [6.07, 6.45) is 0. The van der Waals surface area contributed by atoms with Gasteiger partial charge >= 0.3 is 0 Å². The summed E-state index contributed by atoms with van der Waals surface area (Å²) in [5.41, 5.74) is 27.4. The van der Waals surface area contributed by atoms with Crippen LogP contribution in [0.15, 0.2) is 356 Å². The van der Waals surface area contributed by atoms with Gasteiger partial charge in [0.25, 0.3) is 0 Å². The van der Waals surface area contributed by atoms with Crippen LogP contribution >= 0.6 is 11.3 Å². The lowest BCUT2D eigenvalue weighted by molar-refractivity contribution is 0.653. The zero-order valence-electron chi connectivity index (χ0n) is 59.0. The number of para-hydroxylation sites is 3. The molecule has 0 atom stereocenters. The molecule has 0 saturated heterocycles. The highest BCUT2D eigenvalue weighted by Gasteiger charge is 2.54. The van der Waals surface area contributed by atoms with Crippen molar-refractivity contribution < 1.29 is 4.42 Å². The molecule has 110 heavy (non-hydrogen) atoms. The molecule has 0 fully saturated rings. The number of nitrogens with zero attached hydrogens (tertiary/aromatic N) is 6. The molecule has 0 saturated carbocycles. The molecule has 0 N–H and O–H groups in total. The summed E-state index contributed by atoms with van der Waals surface area (Å²) in [4.78, 5) is 23.2. The fourth-order valence-corrected chi connectivity index (χ4v) is 21.3. The molecule has 6 heterocycles. The quantitative estimate of drug-likeness (QED) is 0.176. The summed E-state index contributed by atoms with van der Waals surface area (Å²) in [5, 5.41) is 13.8. The van der Waals surface area contributed by atoms with E-state index >= 15 is 0 Å². The standard InChI is InChI=1S/C51H29N3O.C51H29N3S/c2*1-2-15-31-29-44-38(28-30(31)14-1)34-18-6-11-26-43(34)54(44)49-47-36-20-7-12-27-45(36)55-50(47)53-48(52-49)37-21-13-25-42-46(37)35-19-5-10-24-41(35)51(42)39-22-8-3-16-32(39)33-17-4-9-23-40(33)51/h2*1-29H. The average molecular weight is 1420 g/mol. The van der Waals surface area contributed by atoms with Gasteiger partial charge in [-0.05, 0) is 159 Å². The van der Waals surface area contributed by atoms with E-state index < -0.39 is 10.8 Å². The predicted octanol–water partition coefficient (Wildman–Crippen LogP) is 25.7. The van der Waals surface area contributed by atoms with Crippen LogP contribution in [0, 0.1) is 0 Å². The molecular formula is C102H58N6OS. The second kappa shape index (κ2) is 22.2. The molecule has 0 aliphatic heterocycles. The van der Waals surface area contributed by atoms with Gasteiger partial charge in [0.1, 0.15) is 10.4 Å². The molecule has 0 radical (unpaired) electrons. The van der Waals surface area contributed by atoms with Gasteiger partial charge in [0.15, 0.2) is 23.3 Å².